The van der Waals surface area contributed by atoms with Gasteiger partial charge in [0.15, 0.2) is 0 Å². The molecule has 0 saturated carbocycles. The van der Waals surface area contributed by atoms with Crippen LogP contribution in [0, 0.1) is 0 Å². The normalized spacial score (nSPS) is 12.5. The topological polar surface area (TPSA) is 75.5 Å². The highest BCUT2D eigenvalue weighted by Crippen LogP contribution is 2.27. The number of hydrogen-bond donors (Lipinski definition) is 1. The highest BCUT2D eigenvalue weighted by atomic mass is 19.4. The van der Waals surface area contributed by atoms with Crippen molar-refractivity contribution >= 4 is 6.09 Å². The fraction of sp³-hybridized carbons (Fsp3) is 0.353. The van der Waals surface area contributed by atoms with Gasteiger partial charge in [-0.2, -0.15) is 13.2 Å². The SMILES string of the molecule is COC(=O)N(CCc1ccc(C(F)(F)F)nc1)CC(O)c1cccnc1. The number of ether oxygens (including phenoxy) is 1. The molecule has 1 amide bonds. The number of aliphatic hydroxyl groups is 1. The van der Waals surface area contributed by atoms with Gasteiger partial charge < -0.3 is 14.7 Å². The molecule has 2 aromatic heterocycles. The summed E-state index contributed by atoms with van der Waals surface area (Å²) in [5.74, 6) is 0. The second-order valence-corrected chi connectivity index (χ2v) is 5.52. The van der Waals surface area contributed by atoms with Gasteiger partial charge in [0.2, 0.25) is 0 Å². The van der Waals surface area contributed by atoms with Crippen LogP contribution >= 0.6 is 0 Å². The molecular formula is C17H18F3N3O3. The van der Waals surface area contributed by atoms with E-state index >= 15 is 0 Å². The molecule has 0 bridgehead atoms. The van der Waals surface area contributed by atoms with Gasteiger partial charge in [-0.15, -0.1) is 0 Å². The highest BCUT2D eigenvalue weighted by Gasteiger charge is 2.32. The summed E-state index contributed by atoms with van der Waals surface area (Å²) in [6.07, 6.45) is -1.67. The molecule has 1 N–H and O–H groups in total. The first kappa shape index (κ1) is 19.6. The van der Waals surface area contributed by atoms with Crippen molar-refractivity contribution in [2.75, 3.05) is 20.2 Å². The number of nitrogens with zero attached hydrogens (tertiary/aromatic N) is 3. The third kappa shape index (κ3) is 5.41. The number of hydrogen-bond acceptors (Lipinski definition) is 5. The maximum Gasteiger partial charge on any atom is 0.433 e. The van der Waals surface area contributed by atoms with Gasteiger partial charge in [0, 0.05) is 30.7 Å². The predicted octanol–water partition coefficient (Wildman–Crippen LogP) is 2.84. The van der Waals surface area contributed by atoms with E-state index in [1.165, 1.54) is 24.3 Å². The number of rotatable bonds is 6. The minimum absolute atomic E-state index is 0.0353. The molecule has 6 nitrogen and oxygen atoms in total. The summed E-state index contributed by atoms with van der Waals surface area (Å²) >= 11 is 0. The Morgan fingerprint density at radius 3 is 2.62 bits per heavy atom. The molecule has 0 fully saturated rings. The van der Waals surface area contributed by atoms with Crippen molar-refractivity contribution < 1.29 is 27.8 Å². The van der Waals surface area contributed by atoms with Gasteiger partial charge in [0.25, 0.3) is 0 Å². The van der Waals surface area contributed by atoms with Crippen LogP contribution < -0.4 is 0 Å². The maximum atomic E-state index is 12.5. The lowest BCUT2D eigenvalue weighted by atomic mass is 10.1. The minimum atomic E-state index is -4.50. The van der Waals surface area contributed by atoms with E-state index in [1.807, 2.05) is 0 Å². The van der Waals surface area contributed by atoms with Crippen LogP contribution in [-0.2, 0) is 17.3 Å². The third-order valence-electron chi connectivity index (χ3n) is 3.68. The van der Waals surface area contributed by atoms with Gasteiger partial charge in [-0.3, -0.25) is 9.97 Å². The zero-order chi connectivity index (χ0) is 19.2. The zero-order valence-electron chi connectivity index (χ0n) is 14.0. The van der Waals surface area contributed by atoms with Crippen LogP contribution in [0.3, 0.4) is 0 Å². The summed E-state index contributed by atoms with van der Waals surface area (Å²) in [6.45, 7) is 0.115. The van der Waals surface area contributed by atoms with E-state index in [1.54, 1.807) is 18.3 Å². The summed E-state index contributed by atoms with van der Waals surface area (Å²) in [5.41, 5.74) is 0.0958. The first-order valence-corrected chi connectivity index (χ1v) is 7.74. The monoisotopic (exact) mass is 369 g/mol. The van der Waals surface area contributed by atoms with E-state index < -0.39 is 24.1 Å². The standard InChI is InChI=1S/C17H18F3N3O3/c1-26-16(25)23(11-14(24)13-3-2-7-21-10-13)8-6-12-4-5-15(22-9-12)17(18,19)20/h2-5,7,9-10,14,24H,6,8,11H2,1H3. The second-order valence-electron chi connectivity index (χ2n) is 5.52. The lowest BCUT2D eigenvalue weighted by Gasteiger charge is -2.24. The van der Waals surface area contributed by atoms with Crippen molar-refractivity contribution in [3.8, 4) is 0 Å². The van der Waals surface area contributed by atoms with Crippen LogP contribution in [0.5, 0.6) is 0 Å². The predicted molar refractivity (Wildman–Crippen MR) is 86.1 cm³/mol. The molecule has 140 valence electrons. The smallest absolute Gasteiger partial charge is 0.433 e. The number of carbonyl (C=O) groups is 1. The van der Waals surface area contributed by atoms with E-state index in [4.69, 9.17) is 4.74 Å². The molecular weight excluding hydrogens is 351 g/mol. The summed E-state index contributed by atoms with van der Waals surface area (Å²) in [5, 5.41) is 10.2. The molecule has 0 aliphatic rings. The zero-order valence-corrected chi connectivity index (χ0v) is 14.0. The first-order chi connectivity index (χ1) is 12.3. The number of alkyl halides is 3. The van der Waals surface area contributed by atoms with Crippen LogP contribution in [-0.4, -0.2) is 46.3 Å². The molecule has 0 saturated heterocycles. The van der Waals surface area contributed by atoms with Gasteiger partial charge in [-0.25, -0.2) is 4.79 Å². The van der Waals surface area contributed by atoms with Crippen LogP contribution in [0.25, 0.3) is 0 Å². The fourth-order valence-electron chi connectivity index (χ4n) is 2.28. The van der Waals surface area contributed by atoms with Crippen LogP contribution in [0.4, 0.5) is 18.0 Å². The van der Waals surface area contributed by atoms with Gasteiger partial charge >= 0.3 is 12.3 Å². The second kappa shape index (κ2) is 8.61. The van der Waals surface area contributed by atoms with Crippen molar-refractivity contribution in [3.05, 3.63) is 59.7 Å². The Hall–Kier alpha value is -2.68. The van der Waals surface area contributed by atoms with Crippen LogP contribution in [0.2, 0.25) is 0 Å². The Kier molecular flexibility index (Phi) is 6.51. The van der Waals surface area contributed by atoms with Gasteiger partial charge in [0.05, 0.1) is 19.8 Å². The number of methoxy groups -OCH3 is 1. The number of carbonyl (C=O) groups excluding carboxylic acids is 1. The van der Waals surface area contributed by atoms with Crippen molar-refractivity contribution in [2.24, 2.45) is 0 Å². The number of halogens is 3. The minimum Gasteiger partial charge on any atom is -0.453 e. The van der Waals surface area contributed by atoms with Crippen molar-refractivity contribution in [2.45, 2.75) is 18.7 Å². The van der Waals surface area contributed by atoms with Crippen LogP contribution in [0.15, 0.2) is 42.9 Å². The summed E-state index contributed by atoms with van der Waals surface area (Å²) in [6, 6.07) is 5.53. The Bertz CT molecular complexity index is 709. The Balaban J connectivity index is 2.01. The Morgan fingerprint density at radius 2 is 2.08 bits per heavy atom. The van der Waals surface area contributed by atoms with Crippen molar-refractivity contribution in [1.29, 1.82) is 0 Å². The van der Waals surface area contributed by atoms with Crippen molar-refractivity contribution in [1.82, 2.24) is 14.9 Å². The molecule has 0 aromatic carbocycles. The van der Waals surface area contributed by atoms with E-state index in [2.05, 4.69) is 9.97 Å². The molecule has 0 aliphatic carbocycles. The van der Waals surface area contributed by atoms with Crippen LogP contribution in [0.1, 0.15) is 22.9 Å². The molecule has 1 atom stereocenters. The quantitative estimate of drug-likeness (QED) is 0.847. The number of aliphatic hydroxyl groups excluding tert-OH is 1. The van der Waals surface area contributed by atoms with E-state index in [0.29, 0.717) is 11.1 Å². The fourth-order valence-corrected chi connectivity index (χ4v) is 2.28. The molecule has 9 heteroatoms. The number of amides is 1. The Labute approximate surface area is 148 Å². The van der Waals surface area contributed by atoms with Gasteiger partial charge in [0.1, 0.15) is 5.69 Å². The third-order valence-corrected chi connectivity index (χ3v) is 3.68. The van der Waals surface area contributed by atoms with E-state index in [-0.39, 0.29) is 19.5 Å². The average molecular weight is 369 g/mol. The number of aromatic nitrogens is 2. The molecule has 2 heterocycles. The van der Waals surface area contributed by atoms with Crippen molar-refractivity contribution in [3.63, 3.8) is 0 Å². The van der Waals surface area contributed by atoms with E-state index in [9.17, 15) is 23.1 Å². The number of pyridine rings is 2. The van der Waals surface area contributed by atoms with Gasteiger partial charge in [-0.05, 0) is 24.1 Å². The molecule has 26 heavy (non-hydrogen) atoms. The summed E-state index contributed by atoms with van der Waals surface area (Å²) in [4.78, 5) is 20.5. The molecule has 2 aromatic rings. The van der Waals surface area contributed by atoms with Gasteiger partial charge in [-0.1, -0.05) is 12.1 Å². The molecule has 2 rings (SSSR count). The lowest BCUT2D eigenvalue weighted by molar-refractivity contribution is -0.141. The average Bonchev–Trinajstić information content (AvgIpc) is 2.64. The summed E-state index contributed by atoms with van der Waals surface area (Å²) in [7, 11) is 1.21. The molecule has 1 unspecified atom stereocenters. The molecule has 0 aliphatic heterocycles. The molecule has 0 spiro atoms. The maximum absolute atomic E-state index is 12.5. The lowest BCUT2D eigenvalue weighted by Crippen LogP contribution is -2.36. The Morgan fingerprint density at radius 1 is 1.31 bits per heavy atom. The van der Waals surface area contributed by atoms with E-state index in [0.717, 1.165) is 12.3 Å². The highest BCUT2D eigenvalue weighted by molar-refractivity contribution is 5.67. The molecule has 0 radical (unpaired) electrons. The summed E-state index contributed by atoms with van der Waals surface area (Å²) < 4.78 is 42.3. The largest absolute Gasteiger partial charge is 0.453 e. The first-order valence-electron chi connectivity index (χ1n) is 7.74.